The monoisotopic (exact) mass is 401 g/mol. The van der Waals surface area contributed by atoms with E-state index in [2.05, 4.69) is 11.0 Å². The van der Waals surface area contributed by atoms with Crippen molar-refractivity contribution in [1.82, 2.24) is 4.90 Å². The first-order chi connectivity index (χ1) is 12.9. The van der Waals surface area contributed by atoms with Crippen LogP contribution in [0.1, 0.15) is 21.5 Å². The molecule has 1 saturated heterocycles. The molecule has 0 aromatic heterocycles. The number of rotatable bonds is 7. The average molecular weight is 402 g/mol. The molecule has 2 N–H and O–H groups in total. The summed E-state index contributed by atoms with van der Waals surface area (Å²) in [7, 11) is 1.90. The molecule has 6 nitrogen and oxygen atoms in total. The van der Waals surface area contributed by atoms with Crippen LogP contribution in [-0.4, -0.2) is 59.9 Å². The third-order valence-corrected chi connectivity index (χ3v) is 4.92. The molecule has 0 amide bonds. The Labute approximate surface area is 171 Å². The van der Waals surface area contributed by atoms with Gasteiger partial charge in [0, 0.05) is 38.9 Å². The molecule has 1 aliphatic rings. The SMILES string of the molecule is CN(CC1(O)CN(CCc2ccc(C#N)cc2)C1)c1ccc(C(=O)O)cc1.Cl. The van der Waals surface area contributed by atoms with Gasteiger partial charge in [-0.3, -0.25) is 4.90 Å². The van der Waals surface area contributed by atoms with Crippen molar-refractivity contribution in [2.24, 2.45) is 0 Å². The highest BCUT2D eigenvalue weighted by Gasteiger charge is 2.41. The molecule has 3 rings (SSSR count). The molecule has 0 aliphatic carbocycles. The fourth-order valence-electron chi connectivity index (χ4n) is 3.47. The van der Waals surface area contributed by atoms with Gasteiger partial charge in [0.05, 0.1) is 17.2 Å². The largest absolute Gasteiger partial charge is 0.478 e. The number of benzene rings is 2. The Hall–Kier alpha value is -2.59. The Morgan fingerprint density at radius 2 is 1.79 bits per heavy atom. The molecule has 0 bridgehead atoms. The summed E-state index contributed by atoms with van der Waals surface area (Å²) in [5.74, 6) is -0.945. The van der Waals surface area contributed by atoms with Crippen LogP contribution >= 0.6 is 12.4 Å². The molecular formula is C21H24ClN3O3. The maximum atomic E-state index is 10.9. The third kappa shape index (κ3) is 5.23. The van der Waals surface area contributed by atoms with Crippen LogP contribution in [0.2, 0.25) is 0 Å². The highest BCUT2D eigenvalue weighted by Crippen LogP contribution is 2.25. The first-order valence-electron chi connectivity index (χ1n) is 8.87. The van der Waals surface area contributed by atoms with Crippen molar-refractivity contribution in [2.45, 2.75) is 12.0 Å². The van der Waals surface area contributed by atoms with E-state index in [0.29, 0.717) is 25.2 Å². The van der Waals surface area contributed by atoms with Gasteiger partial charge < -0.3 is 15.1 Å². The van der Waals surface area contributed by atoms with E-state index in [0.717, 1.165) is 18.7 Å². The normalized spacial score (nSPS) is 15.0. The molecule has 7 heteroatoms. The quantitative estimate of drug-likeness (QED) is 0.740. The maximum Gasteiger partial charge on any atom is 0.335 e. The number of anilines is 1. The minimum absolute atomic E-state index is 0. The molecule has 2 aromatic carbocycles. The number of hydrogen-bond acceptors (Lipinski definition) is 5. The zero-order valence-corrected chi connectivity index (χ0v) is 16.5. The van der Waals surface area contributed by atoms with E-state index in [-0.39, 0.29) is 18.0 Å². The summed E-state index contributed by atoms with van der Waals surface area (Å²) in [5, 5.41) is 28.5. The summed E-state index contributed by atoms with van der Waals surface area (Å²) in [5.41, 5.74) is 2.22. The minimum Gasteiger partial charge on any atom is -0.478 e. The summed E-state index contributed by atoms with van der Waals surface area (Å²) in [4.78, 5) is 15.1. The van der Waals surface area contributed by atoms with Crippen LogP contribution < -0.4 is 4.90 Å². The maximum absolute atomic E-state index is 10.9. The number of carboxylic acid groups (broad SMARTS) is 1. The van der Waals surface area contributed by atoms with Gasteiger partial charge in [0.1, 0.15) is 5.60 Å². The van der Waals surface area contributed by atoms with Crippen molar-refractivity contribution in [3.8, 4) is 6.07 Å². The van der Waals surface area contributed by atoms with Crippen molar-refractivity contribution >= 4 is 24.1 Å². The highest BCUT2D eigenvalue weighted by molar-refractivity contribution is 5.88. The highest BCUT2D eigenvalue weighted by atomic mass is 35.5. The predicted octanol–water partition coefficient (Wildman–Crippen LogP) is 2.40. The molecule has 0 atom stereocenters. The van der Waals surface area contributed by atoms with Gasteiger partial charge in [-0.15, -0.1) is 12.4 Å². The van der Waals surface area contributed by atoms with E-state index in [9.17, 15) is 9.90 Å². The molecule has 148 valence electrons. The average Bonchev–Trinajstić information content (AvgIpc) is 2.65. The van der Waals surface area contributed by atoms with E-state index in [1.807, 2.05) is 36.2 Å². The second-order valence-corrected chi connectivity index (χ2v) is 7.20. The van der Waals surface area contributed by atoms with Gasteiger partial charge in [-0.1, -0.05) is 12.1 Å². The van der Waals surface area contributed by atoms with Crippen LogP contribution in [0.3, 0.4) is 0 Å². The number of nitriles is 1. The van der Waals surface area contributed by atoms with Crippen LogP contribution in [0.15, 0.2) is 48.5 Å². The summed E-state index contributed by atoms with van der Waals surface area (Å²) in [6, 6.07) is 16.4. The van der Waals surface area contributed by atoms with E-state index in [1.165, 1.54) is 5.56 Å². The Morgan fingerprint density at radius 3 is 2.32 bits per heavy atom. The minimum atomic E-state index is -0.945. The number of likely N-dealkylation sites (tertiary alicyclic amines) is 1. The number of β-amino-alcohol motifs (C(OH)–C–C–N with tert-alkyl or cyclic N) is 1. The van der Waals surface area contributed by atoms with E-state index in [4.69, 9.17) is 10.4 Å². The second-order valence-electron chi connectivity index (χ2n) is 7.20. The van der Waals surface area contributed by atoms with E-state index < -0.39 is 11.6 Å². The number of carboxylic acids is 1. The number of halogens is 1. The summed E-state index contributed by atoms with van der Waals surface area (Å²) >= 11 is 0. The van der Waals surface area contributed by atoms with Gasteiger partial charge in [-0.2, -0.15) is 5.26 Å². The number of nitrogens with zero attached hydrogens (tertiary/aromatic N) is 3. The number of likely N-dealkylation sites (N-methyl/N-ethyl adjacent to an activating group) is 1. The van der Waals surface area contributed by atoms with Crippen molar-refractivity contribution in [1.29, 1.82) is 5.26 Å². The number of carbonyl (C=O) groups is 1. The molecule has 28 heavy (non-hydrogen) atoms. The Balaban J connectivity index is 0.00000280. The lowest BCUT2D eigenvalue weighted by Gasteiger charge is -2.48. The van der Waals surface area contributed by atoms with Gasteiger partial charge in [0.2, 0.25) is 0 Å². The van der Waals surface area contributed by atoms with Crippen molar-refractivity contribution in [3.05, 3.63) is 65.2 Å². The van der Waals surface area contributed by atoms with Crippen LogP contribution in [0.25, 0.3) is 0 Å². The van der Waals surface area contributed by atoms with E-state index in [1.54, 1.807) is 24.3 Å². The topological polar surface area (TPSA) is 87.8 Å². The molecule has 1 heterocycles. The second kappa shape index (κ2) is 9.07. The smallest absolute Gasteiger partial charge is 0.335 e. The number of hydrogen-bond donors (Lipinski definition) is 2. The third-order valence-electron chi connectivity index (χ3n) is 4.92. The van der Waals surface area contributed by atoms with Crippen LogP contribution in [0, 0.1) is 11.3 Å². The number of aliphatic hydroxyl groups is 1. The Morgan fingerprint density at radius 1 is 1.18 bits per heavy atom. The molecule has 0 saturated carbocycles. The number of aromatic carboxylic acids is 1. The Bertz CT molecular complexity index is 841. The predicted molar refractivity (Wildman–Crippen MR) is 110 cm³/mol. The van der Waals surface area contributed by atoms with Gasteiger partial charge in [-0.05, 0) is 48.4 Å². The first-order valence-corrected chi connectivity index (χ1v) is 8.87. The van der Waals surface area contributed by atoms with E-state index >= 15 is 0 Å². The lowest BCUT2D eigenvalue weighted by atomic mass is 9.92. The summed E-state index contributed by atoms with van der Waals surface area (Å²) in [6.07, 6.45) is 0.883. The van der Waals surface area contributed by atoms with Gasteiger partial charge in [-0.25, -0.2) is 4.79 Å². The van der Waals surface area contributed by atoms with Crippen molar-refractivity contribution < 1.29 is 15.0 Å². The molecular weight excluding hydrogens is 378 g/mol. The molecule has 1 aliphatic heterocycles. The lowest BCUT2D eigenvalue weighted by molar-refractivity contribution is -0.0896. The summed E-state index contributed by atoms with van der Waals surface area (Å²) in [6.45, 7) is 2.58. The molecule has 1 fully saturated rings. The standard InChI is InChI=1S/C21H23N3O3.ClH/c1-23(19-8-6-18(7-9-19)20(25)26)13-21(27)14-24(15-21)11-10-16-2-4-17(12-22)5-3-16;/h2-9,27H,10-11,13-15H2,1H3,(H,25,26);1H. The van der Waals surface area contributed by atoms with Crippen LogP contribution in [0.4, 0.5) is 5.69 Å². The Kier molecular flexibility index (Phi) is 7.03. The molecule has 0 unspecified atom stereocenters. The lowest BCUT2D eigenvalue weighted by Crippen LogP contribution is -2.66. The fourth-order valence-corrected chi connectivity index (χ4v) is 3.47. The first kappa shape index (κ1) is 21.7. The fraction of sp³-hybridized carbons (Fsp3) is 0.333. The van der Waals surface area contributed by atoms with Crippen molar-refractivity contribution in [2.75, 3.05) is 38.1 Å². The molecule has 0 spiro atoms. The summed E-state index contributed by atoms with van der Waals surface area (Å²) < 4.78 is 0. The van der Waals surface area contributed by atoms with Crippen LogP contribution in [-0.2, 0) is 6.42 Å². The van der Waals surface area contributed by atoms with Crippen LogP contribution in [0.5, 0.6) is 0 Å². The van der Waals surface area contributed by atoms with Gasteiger partial charge in [0.25, 0.3) is 0 Å². The van der Waals surface area contributed by atoms with Crippen molar-refractivity contribution in [3.63, 3.8) is 0 Å². The van der Waals surface area contributed by atoms with Gasteiger partial charge in [0.15, 0.2) is 0 Å². The zero-order valence-electron chi connectivity index (χ0n) is 15.7. The zero-order chi connectivity index (χ0) is 19.4. The molecule has 2 aromatic rings. The van der Waals surface area contributed by atoms with Gasteiger partial charge >= 0.3 is 5.97 Å². The molecule has 0 radical (unpaired) electrons.